The van der Waals surface area contributed by atoms with Gasteiger partial charge in [-0.15, -0.1) is 0 Å². The molecule has 6 nitrogen and oxygen atoms in total. The smallest absolute Gasteiger partial charge is 0.241 e. The van der Waals surface area contributed by atoms with Crippen LogP contribution in [0.3, 0.4) is 0 Å². The largest absolute Gasteiger partial charge is 0.486 e. The van der Waals surface area contributed by atoms with Crippen molar-refractivity contribution in [2.24, 2.45) is 0 Å². The third kappa shape index (κ3) is 2.44. The Morgan fingerprint density at radius 3 is 2.80 bits per heavy atom. The lowest BCUT2D eigenvalue weighted by Crippen LogP contribution is -2.15. The first kappa shape index (κ1) is 12.9. The highest BCUT2D eigenvalue weighted by Crippen LogP contribution is 2.38. The Morgan fingerprint density at radius 2 is 2.00 bits per heavy atom. The van der Waals surface area contributed by atoms with E-state index in [2.05, 4.69) is 9.97 Å². The van der Waals surface area contributed by atoms with E-state index in [1.54, 1.807) is 0 Å². The Labute approximate surface area is 120 Å². The SMILES string of the molecule is COc1ncnc(Sc2ccc3c(c2)OCCO3)c1N. The van der Waals surface area contributed by atoms with Gasteiger partial charge >= 0.3 is 0 Å². The molecule has 0 unspecified atom stereocenters. The number of nitrogens with two attached hydrogens (primary N) is 1. The quantitative estimate of drug-likeness (QED) is 0.866. The molecule has 20 heavy (non-hydrogen) atoms. The van der Waals surface area contributed by atoms with Crippen LogP contribution in [-0.2, 0) is 0 Å². The molecule has 104 valence electrons. The zero-order chi connectivity index (χ0) is 13.9. The maximum Gasteiger partial charge on any atom is 0.241 e. The van der Waals surface area contributed by atoms with Crippen molar-refractivity contribution in [2.45, 2.75) is 9.92 Å². The standard InChI is InChI=1S/C13H13N3O3S/c1-17-12-11(14)13(16-7-15-12)20-8-2-3-9-10(6-8)19-5-4-18-9/h2-3,6-7H,4-5,14H2,1H3. The molecule has 1 aromatic carbocycles. The van der Waals surface area contributed by atoms with Crippen molar-refractivity contribution in [3.05, 3.63) is 24.5 Å². The average Bonchev–Trinajstić information content (AvgIpc) is 2.49. The highest BCUT2D eigenvalue weighted by molar-refractivity contribution is 7.99. The molecule has 2 aromatic rings. The molecule has 0 fully saturated rings. The highest BCUT2D eigenvalue weighted by Gasteiger charge is 2.14. The third-order valence-electron chi connectivity index (χ3n) is 2.73. The monoisotopic (exact) mass is 291 g/mol. The van der Waals surface area contributed by atoms with E-state index >= 15 is 0 Å². The molecule has 7 heteroatoms. The number of fused-ring (bicyclic) bond motifs is 1. The summed E-state index contributed by atoms with van der Waals surface area (Å²) >= 11 is 1.42. The van der Waals surface area contributed by atoms with Gasteiger partial charge in [-0.2, -0.15) is 4.98 Å². The summed E-state index contributed by atoms with van der Waals surface area (Å²) in [6.07, 6.45) is 1.43. The van der Waals surface area contributed by atoms with Gasteiger partial charge in [0.25, 0.3) is 0 Å². The minimum Gasteiger partial charge on any atom is -0.486 e. The van der Waals surface area contributed by atoms with E-state index < -0.39 is 0 Å². The van der Waals surface area contributed by atoms with E-state index in [1.807, 2.05) is 18.2 Å². The van der Waals surface area contributed by atoms with E-state index in [9.17, 15) is 0 Å². The lowest BCUT2D eigenvalue weighted by atomic mass is 10.3. The predicted molar refractivity (Wildman–Crippen MR) is 74.6 cm³/mol. The number of hydrogen-bond acceptors (Lipinski definition) is 7. The van der Waals surface area contributed by atoms with Crippen LogP contribution < -0.4 is 19.9 Å². The Hall–Kier alpha value is -2.15. The summed E-state index contributed by atoms with van der Waals surface area (Å²) in [6.45, 7) is 1.14. The summed E-state index contributed by atoms with van der Waals surface area (Å²) in [6, 6.07) is 5.73. The second-order valence-corrected chi connectivity index (χ2v) is 5.07. The number of rotatable bonds is 3. The van der Waals surface area contributed by atoms with Crippen LogP contribution in [0.25, 0.3) is 0 Å². The van der Waals surface area contributed by atoms with Crippen LogP contribution in [0.15, 0.2) is 34.4 Å². The molecule has 0 amide bonds. The van der Waals surface area contributed by atoms with Gasteiger partial charge in [0.2, 0.25) is 5.88 Å². The molecule has 0 bridgehead atoms. The maximum absolute atomic E-state index is 5.95. The topological polar surface area (TPSA) is 79.5 Å². The molecule has 3 rings (SSSR count). The van der Waals surface area contributed by atoms with Crippen molar-refractivity contribution >= 4 is 17.4 Å². The zero-order valence-corrected chi connectivity index (χ0v) is 11.6. The average molecular weight is 291 g/mol. The van der Waals surface area contributed by atoms with Gasteiger partial charge in [0.15, 0.2) is 11.5 Å². The number of aromatic nitrogens is 2. The Kier molecular flexibility index (Phi) is 3.51. The summed E-state index contributed by atoms with van der Waals surface area (Å²) in [5, 5.41) is 0.647. The molecular weight excluding hydrogens is 278 g/mol. The molecule has 0 saturated carbocycles. The molecule has 1 aliphatic heterocycles. The molecule has 2 N–H and O–H groups in total. The number of anilines is 1. The van der Waals surface area contributed by atoms with Crippen LogP contribution >= 0.6 is 11.8 Å². The zero-order valence-electron chi connectivity index (χ0n) is 10.8. The van der Waals surface area contributed by atoms with Gasteiger partial charge in [0.1, 0.15) is 30.3 Å². The summed E-state index contributed by atoms with van der Waals surface area (Å²) in [7, 11) is 1.53. The van der Waals surface area contributed by atoms with Crippen LogP contribution in [0, 0.1) is 0 Å². The van der Waals surface area contributed by atoms with Gasteiger partial charge in [0.05, 0.1) is 7.11 Å². The molecule has 2 heterocycles. The maximum atomic E-state index is 5.95. The lowest BCUT2D eigenvalue weighted by molar-refractivity contribution is 0.171. The van der Waals surface area contributed by atoms with Gasteiger partial charge < -0.3 is 19.9 Å². The molecule has 1 aromatic heterocycles. The van der Waals surface area contributed by atoms with E-state index in [4.69, 9.17) is 19.9 Å². The van der Waals surface area contributed by atoms with Crippen molar-refractivity contribution in [1.82, 2.24) is 9.97 Å². The highest BCUT2D eigenvalue weighted by atomic mass is 32.2. The molecular formula is C13H13N3O3S. The molecule has 0 spiro atoms. The van der Waals surface area contributed by atoms with E-state index in [-0.39, 0.29) is 0 Å². The predicted octanol–water partition coefficient (Wildman–Crippen LogP) is 1.99. The van der Waals surface area contributed by atoms with Gasteiger partial charge in [-0.1, -0.05) is 11.8 Å². The van der Waals surface area contributed by atoms with Gasteiger partial charge in [0, 0.05) is 4.90 Å². The second kappa shape index (κ2) is 5.46. The first-order valence-electron chi connectivity index (χ1n) is 6.00. The molecule has 0 saturated heterocycles. The molecule has 0 radical (unpaired) electrons. The van der Waals surface area contributed by atoms with Crippen molar-refractivity contribution < 1.29 is 14.2 Å². The third-order valence-corrected chi connectivity index (χ3v) is 3.74. The lowest BCUT2D eigenvalue weighted by Gasteiger charge is -2.18. The fraction of sp³-hybridized carbons (Fsp3) is 0.231. The normalized spacial score (nSPS) is 13.1. The fourth-order valence-electron chi connectivity index (χ4n) is 1.81. The van der Waals surface area contributed by atoms with E-state index in [0.717, 1.165) is 16.4 Å². The van der Waals surface area contributed by atoms with Crippen LogP contribution in [0.5, 0.6) is 17.4 Å². The Morgan fingerprint density at radius 1 is 1.20 bits per heavy atom. The second-order valence-electron chi connectivity index (χ2n) is 4.01. The first-order valence-corrected chi connectivity index (χ1v) is 6.81. The van der Waals surface area contributed by atoms with Crippen molar-refractivity contribution in [1.29, 1.82) is 0 Å². The number of hydrogen-bond donors (Lipinski definition) is 1. The number of methoxy groups -OCH3 is 1. The summed E-state index contributed by atoms with van der Waals surface area (Å²) in [5.74, 6) is 1.87. The van der Waals surface area contributed by atoms with Crippen LogP contribution in [0.1, 0.15) is 0 Å². The minimum absolute atomic E-state index is 0.375. The Balaban J connectivity index is 1.88. The molecule has 0 aliphatic carbocycles. The fourth-order valence-corrected chi connectivity index (χ4v) is 2.63. The molecule has 1 aliphatic rings. The van der Waals surface area contributed by atoms with E-state index in [0.29, 0.717) is 29.8 Å². The van der Waals surface area contributed by atoms with Crippen LogP contribution in [0.4, 0.5) is 5.69 Å². The van der Waals surface area contributed by atoms with Crippen molar-refractivity contribution in [3.63, 3.8) is 0 Å². The first-order chi connectivity index (χ1) is 9.78. The number of ether oxygens (including phenoxy) is 3. The Bertz CT molecular complexity index is 636. The van der Waals surface area contributed by atoms with E-state index in [1.165, 1.54) is 25.2 Å². The number of benzene rings is 1. The number of nitrogen functional groups attached to an aromatic ring is 1. The summed E-state index contributed by atoms with van der Waals surface area (Å²) in [4.78, 5) is 9.08. The summed E-state index contributed by atoms with van der Waals surface area (Å²) < 4.78 is 16.1. The molecule has 0 atom stereocenters. The van der Waals surface area contributed by atoms with Crippen molar-refractivity contribution in [3.8, 4) is 17.4 Å². The van der Waals surface area contributed by atoms with Crippen molar-refractivity contribution in [2.75, 3.05) is 26.1 Å². The number of nitrogens with zero attached hydrogens (tertiary/aromatic N) is 2. The van der Waals surface area contributed by atoms with Gasteiger partial charge in [-0.05, 0) is 18.2 Å². The summed E-state index contributed by atoms with van der Waals surface area (Å²) in [5.41, 5.74) is 6.38. The minimum atomic E-state index is 0.375. The van der Waals surface area contributed by atoms with Gasteiger partial charge in [-0.3, -0.25) is 0 Å². The van der Waals surface area contributed by atoms with Crippen LogP contribution in [-0.4, -0.2) is 30.3 Å². The van der Waals surface area contributed by atoms with Crippen LogP contribution in [0.2, 0.25) is 0 Å². The van der Waals surface area contributed by atoms with Gasteiger partial charge in [-0.25, -0.2) is 4.98 Å².